The highest BCUT2D eigenvalue weighted by Gasteiger charge is 2.58. The largest absolute Gasteiger partial charge is 0.453 e. The summed E-state index contributed by atoms with van der Waals surface area (Å²) in [5.74, 6) is 7.29. The summed E-state index contributed by atoms with van der Waals surface area (Å²) in [6.07, 6.45) is 9.26. The minimum Gasteiger partial charge on any atom is -0.453 e. The molecule has 0 spiro atoms. The van der Waals surface area contributed by atoms with Crippen LogP contribution in [-0.2, 0) is 23.8 Å². The van der Waals surface area contributed by atoms with Crippen LogP contribution >= 0.6 is 0 Å². The molecule has 0 unspecified atom stereocenters. The van der Waals surface area contributed by atoms with Crippen LogP contribution in [0.3, 0.4) is 0 Å². The fourth-order valence-electron chi connectivity index (χ4n) is 9.99. The maximum atomic E-state index is 14.2. The van der Waals surface area contributed by atoms with Gasteiger partial charge in [-0.25, -0.2) is 9.59 Å². The number of allylic oxidation sites excluding steroid dienone is 2. The predicted octanol–water partition coefficient (Wildman–Crippen LogP) is 5.62. The number of hydrogen-bond acceptors (Lipinski definition) is 9. The fraction of sp³-hybridized carbons (Fsp3) is 0.522. The minimum atomic E-state index is -0.692. The van der Waals surface area contributed by atoms with Crippen LogP contribution in [0.4, 0.5) is 9.59 Å². The molecule has 2 aliphatic carbocycles. The van der Waals surface area contributed by atoms with E-state index in [0.717, 1.165) is 83.0 Å². The van der Waals surface area contributed by atoms with Crippen LogP contribution in [0.5, 0.6) is 0 Å². The Morgan fingerprint density at radius 1 is 0.797 bits per heavy atom. The molecule has 308 valence electrons. The van der Waals surface area contributed by atoms with Crippen molar-refractivity contribution in [3.8, 4) is 11.8 Å². The van der Waals surface area contributed by atoms with Crippen molar-refractivity contribution in [2.24, 2.45) is 33.7 Å². The molecule has 9 rings (SSSR count). The summed E-state index contributed by atoms with van der Waals surface area (Å²) in [4.78, 5) is 66.0. The third-order valence-electron chi connectivity index (χ3n) is 13.4. The van der Waals surface area contributed by atoms with Gasteiger partial charge in [-0.15, -0.1) is 0 Å². The third-order valence-corrected chi connectivity index (χ3v) is 13.4. The Hall–Kier alpha value is -5.48. The Balaban J connectivity index is 0.827. The van der Waals surface area contributed by atoms with Crippen LogP contribution in [-0.4, -0.2) is 109 Å². The number of carbonyl (C=O) groups is 4. The number of nitrogens with one attached hydrogen (secondary N) is 2. The molecule has 13 heteroatoms. The molecular weight excluding hydrogens is 749 g/mol. The molecule has 3 saturated heterocycles. The highest BCUT2D eigenvalue weighted by atomic mass is 16.5. The van der Waals surface area contributed by atoms with Gasteiger partial charge in [0.05, 0.1) is 32.9 Å². The zero-order valence-electron chi connectivity index (χ0n) is 34.1. The number of methoxy groups -OCH3 is 2. The number of benzene rings is 2. The van der Waals surface area contributed by atoms with E-state index in [4.69, 9.17) is 24.2 Å². The van der Waals surface area contributed by atoms with Gasteiger partial charge in [-0.3, -0.25) is 19.6 Å². The Morgan fingerprint density at radius 2 is 1.46 bits per heavy atom. The van der Waals surface area contributed by atoms with E-state index in [2.05, 4.69) is 52.8 Å². The number of fused-ring (bicyclic) bond motifs is 3. The molecule has 0 radical (unpaired) electrons. The van der Waals surface area contributed by atoms with Crippen LogP contribution < -0.4 is 10.6 Å². The van der Waals surface area contributed by atoms with E-state index in [1.807, 2.05) is 42.1 Å². The summed E-state index contributed by atoms with van der Waals surface area (Å²) in [6.45, 7) is 4.96. The average Bonchev–Trinajstić information content (AvgIpc) is 3.85. The lowest BCUT2D eigenvalue weighted by Crippen LogP contribution is -2.56. The van der Waals surface area contributed by atoms with Crippen molar-refractivity contribution in [3.05, 3.63) is 65.5 Å². The van der Waals surface area contributed by atoms with Crippen molar-refractivity contribution in [2.45, 2.75) is 101 Å². The van der Waals surface area contributed by atoms with E-state index in [1.165, 1.54) is 14.2 Å². The first-order chi connectivity index (χ1) is 28.6. The molecule has 4 amide bonds. The van der Waals surface area contributed by atoms with E-state index in [0.29, 0.717) is 37.9 Å². The quantitative estimate of drug-likeness (QED) is 0.313. The van der Waals surface area contributed by atoms with Gasteiger partial charge in [-0.2, -0.15) is 0 Å². The highest BCUT2D eigenvalue weighted by molar-refractivity contribution is 6.05. The van der Waals surface area contributed by atoms with Crippen molar-refractivity contribution in [1.29, 1.82) is 0 Å². The molecule has 0 aromatic heterocycles. The maximum absolute atomic E-state index is 14.2. The van der Waals surface area contributed by atoms with Crippen molar-refractivity contribution in [3.63, 3.8) is 0 Å². The summed E-state index contributed by atoms with van der Waals surface area (Å²) < 4.78 is 15.4. The molecule has 5 aliphatic heterocycles. The molecule has 2 aromatic carbocycles. The predicted molar refractivity (Wildman–Crippen MR) is 222 cm³/mol. The van der Waals surface area contributed by atoms with Crippen molar-refractivity contribution >= 4 is 51.8 Å². The second kappa shape index (κ2) is 15.9. The molecule has 2 N–H and O–H groups in total. The third kappa shape index (κ3) is 7.75. The van der Waals surface area contributed by atoms with Gasteiger partial charge in [0.1, 0.15) is 12.1 Å². The molecular formula is C46H52N6O7. The summed E-state index contributed by atoms with van der Waals surface area (Å²) >= 11 is 0. The molecule has 9 atom stereocenters. The van der Waals surface area contributed by atoms with E-state index in [9.17, 15) is 19.2 Å². The smallest absolute Gasteiger partial charge is 0.407 e. The monoisotopic (exact) mass is 800 g/mol. The number of amides is 4. The van der Waals surface area contributed by atoms with Gasteiger partial charge in [-0.05, 0) is 96.4 Å². The summed E-state index contributed by atoms with van der Waals surface area (Å²) in [6, 6.07) is 11.5. The normalized spacial score (nSPS) is 28.6. The van der Waals surface area contributed by atoms with Crippen LogP contribution in [0.1, 0.15) is 76.3 Å². The molecule has 7 aliphatic rings. The summed E-state index contributed by atoms with van der Waals surface area (Å²) in [5, 5.41) is 7.77. The van der Waals surface area contributed by atoms with E-state index >= 15 is 0 Å². The van der Waals surface area contributed by atoms with E-state index in [-0.39, 0.29) is 47.8 Å². The number of alkyl carbamates (subject to hydrolysis) is 2. The highest BCUT2D eigenvalue weighted by Crippen LogP contribution is 2.51. The topological polar surface area (TPSA) is 151 Å². The first-order valence-corrected chi connectivity index (χ1v) is 21.1. The van der Waals surface area contributed by atoms with Gasteiger partial charge in [0, 0.05) is 72.4 Å². The van der Waals surface area contributed by atoms with Gasteiger partial charge in [-0.1, -0.05) is 43.9 Å². The number of piperidine rings is 2. The van der Waals surface area contributed by atoms with Crippen LogP contribution in [0.25, 0.3) is 16.3 Å². The van der Waals surface area contributed by atoms with Gasteiger partial charge >= 0.3 is 12.2 Å². The van der Waals surface area contributed by atoms with Crippen molar-refractivity contribution in [2.75, 3.05) is 27.4 Å². The molecule has 0 bridgehead atoms. The molecule has 2 aromatic rings. The maximum Gasteiger partial charge on any atom is 0.407 e. The van der Waals surface area contributed by atoms with E-state index in [1.54, 1.807) is 0 Å². The van der Waals surface area contributed by atoms with Crippen molar-refractivity contribution < 1.29 is 33.4 Å². The second-order valence-electron chi connectivity index (χ2n) is 17.5. The number of carbonyl (C=O) groups excluding carboxylic acids is 4. The second-order valence-corrected chi connectivity index (χ2v) is 17.5. The van der Waals surface area contributed by atoms with Crippen molar-refractivity contribution in [1.82, 2.24) is 20.4 Å². The lowest BCUT2D eigenvalue weighted by atomic mass is 9.91. The Bertz CT molecular complexity index is 2260. The minimum absolute atomic E-state index is 0.0614. The zero-order valence-corrected chi connectivity index (χ0v) is 34.1. The Kier molecular flexibility index (Phi) is 10.5. The van der Waals surface area contributed by atoms with Gasteiger partial charge in [0.15, 0.2) is 0 Å². The molecule has 5 fully saturated rings. The number of nitrogens with zero attached hydrogens (tertiary/aromatic N) is 4. The Morgan fingerprint density at radius 3 is 2.15 bits per heavy atom. The van der Waals surface area contributed by atoms with Crippen LogP contribution in [0.15, 0.2) is 64.4 Å². The number of rotatable bonds is 9. The molecule has 2 saturated carbocycles. The first kappa shape index (κ1) is 39.0. The first-order valence-electron chi connectivity index (χ1n) is 21.1. The molecule has 5 heterocycles. The summed E-state index contributed by atoms with van der Waals surface area (Å²) in [5.41, 5.74) is 5.98. The van der Waals surface area contributed by atoms with Crippen LogP contribution in [0.2, 0.25) is 0 Å². The average molecular weight is 801 g/mol. The molecule has 13 nitrogen and oxygen atoms in total. The Labute approximate surface area is 344 Å². The summed E-state index contributed by atoms with van der Waals surface area (Å²) in [7, 11) is 2.63. The zero-order chi connectivity index (χ0) is 40.9. The van der Waals surface area contributed by atoms with Gasteiger partial charge in [0.2, 0.25) is 11.8 Å². The van der Waals surface area contributed by atoms with Gasteiger partial charge in [0.25, 0.3) is 0 Å². The number of ether oxygens (including phenoxy) is 3. The standard InChI is InChI=1S/C46H52N6O7/c1-25(2)41(49-45(55)57-3)43(53)51-37-18-32(37)20-39(51)35-15-27(22-47-35)8-7-26-9-10-29-16-30(12-11-28(29)14-26)34-17-36(48-23-34)40-21-33-19-38(33)52(40)44(54)42(50-46(56)58-4)31-6-5-13-59-24-31/h9-12,14,16,22-23,25,31-33,37-42H,5-6,13,15,17-21,24H2,1-4H3,(H,49,55)(H,50,56)/t31-,32-,33-,37-,38-,39+,40+,41+,42+/m1/s1. The SMILES string of the molecule is COC(=O)N[C@H](C(=O)N1[C@@H]2C[C@@H]2C[C@H]1C1=NC=C(C#Cc2ccc3cc(C4=CN=C([C@@H]5C[C@H]6C[C@H]6N5C(=O)[C@@H](NC(=O)OC)[C@@H]5CCCOC5)C4)ccc3c2)C1)C(C)C. The van der Waals surface area contributed by atoms with E-state index < -0.39 is 24.3 Å². The van der Waals surface area contributed by atoms with Crippen LogP contribution in [0, 0.1) is 35.5 Å². The number of hydrogen-bond donors (Lipinski definition) is 2. The number of aliphatic imine (C=N–C) groups is 2. The number of likely N-dealkylation sites (tertiary alicyclic amines) is 2. The fourth-order valence-corrected chi connectivity index (χ4v) is 9.99. The molecule has 59 heavy (non-hydrogen) atoms. The lowest BCUT2D eigenvalue weighted by Gasteiger charge is -2.36. The van der Waals surface area contributed by atoms with Gasteiger partial charge < -0.3 is 34.6 Å². The lowest BCUT2D eigenvalue weighted by molar-refractivity contribution is -0.137.